The number of methoxy groups -OCH3 is 1. The van der Waals surface area contributed by atoms with Crippen LogP contribution in [-0.2, 0) is 4.79 Å². The van der Waals surface area contributed by atoms with Gasteiger partial charge in [-0.2, -0.15) is 0 Å². The maximum absolute atomic E-state index is 13.4. The van der Waals surface area contributed by atoms with Crippen LogP contribution in [0.2, 0.25) is 0 Å². The molecule has 2 heterocycles. The van der Waals surface area contributed by atoms with Gasteiger partial charge in [0.25, 0.3) is 5.56 Å². The Kier molecular flexibility index (Phi) is 6.84. The molecule has 7 nitrogen and oxygen atoms in total. The Bertz CT molecular complexity index is 1580. The van der Waals surface area contributed by atoms with Crippen LogP contribution >= 0.6 is 23.1 Å². The molecule has 0 aliphatic heterocycles. The van der Waals surface area contributed by atoms with Crippen molar-refractivity contribution in [3.05, 3.63) is 94.6 Å². The number of thiazole rings is 1. The van der Waals surface area contributed by atoms with E-state index in [9.17, 15) is 9.59 Å². The number of ether oxygens (including phenoxy) is 1. The van der Waals surface area contributed by atoms with E-state index in [0.717, 1.165) is 17.0 Å². The fourth-order valence-electron chi connectivity index (χ4n) is 3.64. The number of amides is 1. The summed E-state index contributed by atoms with van der Waals surface area (Å²) in [6.45, 7) is 1.79. The van der Waals surface area contributed by atoms with Crippen molar-refractivity contribution < 1.29 is 9.53 Å². The molecule has 0 aliphatic carbocycles. The van der Waals surface area contributed by atoms with Crippen molar-refractivity contribution >= 4 is 45.0 Å². The molecule has 0 spiro atoms. The van der Waals surface area contributed by atoms with E-state index in [1.165, 1.54) is 23.1 Å². The Morgan fingerprint density at radius 1 is 1.00 bits per heavy atom. The molecule has 3 aromatic carbocycles. The molecule has 0 saturated carbocycles. The molecule has 36 heavy (non-hydrogen) atoms. The number of hydrogen-bond acceptors (Lipinski definition) is 7. The third-order valence-corrected chi connectivity index (χ3v) is 7.34. The van der Waals surface area contributed by atoms with E-state index >= 15 is 0 Å². The second-order valence-electron chi connectivity index (χ2n) is 7.90. The third kappa shape index (κ3) is 4.89. The van der Waals surface area contributed by atoms with Gasteiger partial charge < -0.3 is 10.1 Å². The van der Waals surface area contributed by atoms with Gasteiger partial charge in [0.2, 0.25) is 5.91 Å². The molecule has 180 valence electrons. The predicted molar refractivity (Wildman–Crippen MR) is 145 cm³/mol. The van der Waals surface area contributed by atoms with Crippen LogP contribution in [0, 0.1) is 0 Å². The first-order chi connectivity index (χ1) is 17.5. The maximum Gasteiger partial charge on any atom is 0.266 e. The van der Waals surface area contributed by atoms with E-state index in [1.54, 1.807) is 30.7 Å². The topological polar surface area (TPSA) is 86.1 Å². The maximum atomic E-state index is 13.4. The second kappa shape index (κ2) is 10.3. The van der Waals surface area contributed by atoms with Crippen molar-refractivity contribution in [2.24, 2.45) is 0 Å². The van der Waals surface area contributed by atoms with Gasteiger partial charge in [0.05, 0.1) is 34.6 Å². The van der Waals surface area contributed by atoms with Crippen LogP contribution in [0.15, 0.2) is 94.2 Å². The fourth-order valence-corrected chi connectivity index (χ4v) is 5.29. The van der Waals surface area contributed by atoms with Crippen molar-refractivity contribution in [3.8, 4) is 22.7 Å². The summed E-state index contributed by atoms with van der Waals surface area (Å²) in [6, 6.07) is 24.1. The SMILES string of the molecule is COc1ccc(-c2csc(NC(=O)C(C)Sc3nc4ccccc4c(=O)n3-c3ccccc3)n2)cc1. The largest absolute Gasteiger partial charge is 0.497 e. The first-order valence-corrected chi connectivity index (χ1v) is 12.9. The Morgan fingerprint density at radius 3 is 2.47 bits per heavy atom. The number of carbonyl (C=O) groups excluding carboxylic acids is 1. The van der Waals surface area contributed by atoms with Gasteiger partial charge in [-0.15, -0.1) is 11.3 Å². The van der Waals surface area contributed by atoms with Crippen molar-refractivity contribution in [1.29, 1.82) is 0 Å². The zero-order chi connectivity index (χ0) is 25.1. The standard InChI is InChI=1S/C27H22N4O3S2/c1-17(24(32)30-26-28-23(16-35-26)18-12-14-20(34-2)15-13-18)36-27-29-22-11-7-6-10-21(22)25(33)31(27)19-8-4-3-5-9-19/h3-17H,1-2H3,(H,28,30,32). The Labute approximate surface area is 215 Å². The van der Waals surface area contributed by atoms with Crippen molar-refractivity contribution in [3.63, 3.8) is 0 Å². The van der Waals surface area contributed by atoms with Crippen molar-refractivity contribution in [2.45, 2.75) is 17.3 Å². The van der Waals surface area contributed by atoms with Gasteiger partial charge in [-0.1, -0.05) is 42.1 Å². The molecule has 0 bridgehead atoms. The van der Waals surface area contributed by atoms with Crippen LogP contribution in [0.5, 0.6) is 5.75 Å². The van der Waals surface area contributed by atoms with E-state index in [1.807, 2.05) is 72.1 Å². The van der Waals surface area contributed by atoms with Crippen LogP contribution in [0.3, 0.4) is 0 Å². The zero-order valence-corrected chi connectivity index (χ0v) is 21.2. The summed E-state index contributed by atoms with van der Waals surface area (Å²) in [5, 5.41) is 5.74. The highest BCUT2D eigenvalue weighted by molar-refractivity contribution is 8.00. The van der Waals surface area contributed by atoms with Crippen LogP contribution in [0.4, 0.5) is 5.13 Å². The summed E-state index contributed by atoms with van der Waals surface area (Å²) in [5.74, 6) is 0.544. The minimum absolute atomic E-state index is 0.175. The normalized spacial score (nSPS) is 11.8. The number of fused-ring (bicyclic) bond motifs is 1. The lowest BCUT2D eigenvalue weighted by Gasteiger charge is -2.16. The molecule has 0 radical (unpaired) electrons. The molecular formula is C27H22N4O3S2. The van der Waals surface area contributed by atoms with Gasteiger partial charge >= 0.3 is 0 Å². The second-order valence-corrected chi connectivity index (χ2v) is 10.1. The molecule has 0 fully saturated rings. The molecule has 1 N–H and O–H groups in total. The number of thioether (sulfide) groups is 1. The highest BCUT2D eigenvalue weighted by Gasteiger charge is 2.21. The minimum atomic E-state index is -0.527. The van der Waals surface area contributed by atoms with E-state index < -0.39 is 5.25 Å². The van der Waals surface area contributed by atoms with Crippen molar-refractivity contribution in [1.82, 2.24) is 14.5 Å². The van der Waals surface area contributed by atoms with Gasteiger partial charge in [-0.25, -0.2) is 9.97 Å². The highest BCUT2D eigenvalue weighted by atomic mass is 32.2. The van der Waals surface area contributed by atoms with Crippen LogP contribution in [0.1, 0.15) is 6.92 Å². The fraction of sp³-hybridized carbons (Fsp3) is 0.111. The predicted octanol–water partition coefficient (Wildman–Crippen LogP) is 5.64. The summed E-state index contributed by atoms with van der Waals surface area (Å²) in [4.78, 5) is 35.7. The number of aromatic nitrogens is 3. The monoisotopic (exact) mass is 514 g/mol. The summed E-state index contributed by atoms with van der Waals surface area (Å²) in [5.41, 5.74) is 2.81. The lowest BCUT2D eigenvalue weighted by Crippen LogP contribution is -2.26. The molecule has 1 atom stereocenters. The Balaban J connectivity index is 1.39. The number of carbonyl (C=O) groups is 1. The molecular weight excluding hydrogens is 492 g/mol. The molecule has 0 aliphatic rings. The van der Waals surface area contributed by atoms with Crippen molar-refractivity contribution in [2.75, 3.05) is 12.4 Å². The summed E-state index contributed by atoms with van der Waals surface area (Å²) >= 11 is 2.59. The van der Waals surface area contributed by atoms with Gasteiger partial charge in [0.1, 0.15) is 5.75 Å². The third-order valence-electron chi connectivity index (χ3n) is 5.53. The quantitative estimate of drug-likeness (QED) is 0.224. The smallest absolute Gasteiger partial charge is 0.266 e. The van der Waals surface area contributed by atoms with Gasteiger partial charge in [-0.3, -0.25) is 14.2 Å². The average molecular weight is 515 g/mol. The van der Waals surface area contributed by atoms with Gasteiger partial charge in [-0.05, 0) is 55.5 Å². The Hall–Kier alpha value is -3.95. The Morgan fingerprint density at radius 2 is 1.72 bits per heavy atom. The molecule has 2 aromatic heterocycles. The number of benzene rings is 3. The van der Waals surface area contributed by atoms with Crippen LogP contribution in [-0.4, -0.2) is 32.8 Å². The number of hydrogen-bond donors (Lipinski definition) is 1. The minimum Gasteiger partial charge on any atom is -0.497 e. The summed E-state index contributed by atoms with van der Waals surface area (Å²) in [7, 11) is 1.62. The van der Waals surface area contributed by atoms with Gasteiger partial charge in [0, 0.05) is 10.9 Å². The van der Waals surface area contributed by atoms with E-state index in [4.69, 9.17) is 9.72 Å². The molecule has 5 aromatic rings. The molecule has 9 heteroatoms. The number of rotatable bonds is 7. The summed E-state index contributed by atoms with van der Waals surface area (Å²) in [6.07, 6.45) is 0. The first-order valence-electron chi connectivity index (χ1n) is 11.2. The highest BCUT2D eigenvalue weighted by Crippen LogP contribution is 2.29. The first kappa shape index (κ1) is 23.8. The molecule has 1 amide bonds. The number of para-hydroxylation sites is 2. The lowest BCUT2D eigenvalue weighted by atomic mass is 10.2. The molecule has 5 rings (SSSR count). The zero-order valence-electron chi connectivity index (χ0n) is 19.5. The van der Waals surface area contributed by atoms with Crippen LogP contribution < -0.4 is 15.6 Å². The number of nitrogens with one attached hydrogen (secondary N) is 1. The number of nitrogens with zero attached hydrogens (tertiary/aromatic N) is 3. The molecule has 1 unspecified atom stereocenters. The summed E-state index contributed by atoms with van der Waals surface area (Å²) < 4.78 is 6.76. The van der Waals surface area contributed by atoms with E-state index in [0.29, 0.717) is 26.9 Å². The van der Waals surface area contributed by atoms with E-state index in [2.05, 4.69) is 10.3 Å². The van der Waals surface area contributed by atoms with E-state index in [-0.39, 0.29) is 11.5 Å². The molecule has 0 saturated heterocycles. The lowest BCUT2D eigenvalue weighted by molar-refractivity contribution is -0.115. The number of anilines is 1. The average Bonchev–Trinajstić information content (AvgIpc) is 3.38. The van der Waals surface area contributed by atoms with Crippen LogP contribution in [0.25, 0.3) is 27.8 Å². The van der Waals surface area contributed by atoms with Gasteiger partial charge in [0.15, 0.2) is 10.3 Å².